The van der Waals surface area contributed by atoms with Gasteiger partial charge in [-0.2, -0.15) is 12.6 Å². The maximum atomic E-state index is 8.94. The Bertz CT molecular complexity index is 84.9. The van der Waals surface area contributed by atoms with E-state index in [1.165, 1.54) is 0 Å². The largest absolute Gasteiger partial charge is 0.487 e. The monoisotopic (exact) mass is 180 g/mol. The van der Waals surface area contributed by atoms with Gasteiger partial charge in [-0.05, 0) is 18.5 Å². The topological polar surface area (TPSA) is 58.9 Å². The molecule has 0 fully saturated rings. The fourth-order valence-electron chi connectivity index (χ4n) is 0.478. The second-order valence-corrected chi connectivity index (χ2v) is 2.41. The minimum absolute atomic E-state index is 0.0813. The van der Waals surface area contributed by atoms with Gasteiger partial charge in [0.15, 0.2) is 0 Å². The van der Waals surface area contributed by atoms with Crippen LogP contribution in [0.1, 0.15) is 6.42 Å². The molecule has 0 amide bonds. The molecule has 0 saturated heterocycles. The second-order valence-electron chi connectivity index (χ2n) is 1.96. The molecule has 11 heavy (non-hydrogen) atoms. The average molecular weight is 180 g/mol. The minimum Gasteiger partial charge on any atom is -0.425 e. The van der Waals surface area contributed by atoms with Crippen LogP contribution in [-0.2, 0) is 9.69 Å². The summed E-state index contributed by atoms with van der Waals surface area (Å²) in [5.74, 6) is 0.709. The van der Waals surface area contributed by atoms with Crippen LogP contribution in [0.25, 0.3) is 0 Å². The molecule has 0 aromatic rings. The third-order valence-electron chi connectivity index (χ3n) is 0.963. The normalized spacial score (nSPS) is 10.1. The molecule has 0 atom stereocenters. The van der Waals surface area contributed by atoms with Crippen LogP contribution in [0.2, 0.25) is 6.32 Å². The van der Waals surface area contributed by atoms with E-state index in [0.29, 0.717) is 12.1 Å². The summed E-state index contributed by atoms with van der Waals surface area (Å²) in [7, 11) is -0.909. The maximum Gasteiger partial charge on any atom is 0.487 e. The molecule has 66 valence electrons. The van der Waals surface area contributed by atoms with E-state index in [1.807, 2.05) is 0 Å². The lowest BCUT2D eigenvalue weighted by molar-refractivity contribution is -0.228. The molecule has 0 aliphatic heterocycles. The van der Waals surface area contributed by atoms with Crippen LogP contribution in [0, 0.1) is 0 Å². The number of hydrogen-bond acceptors (Lipinski definition) is 5. The Morgan fingerprint density at radius 1 is 1.45 bits per heavy atom. The van der Waals surface area contributed by atoms with Gasteiger partial charge in [0.2, 0.25) is 0 Å². The van der Waals surface area contributed by atoms with Crippen LogP contribution < -0.4 is 0 Å². The highest BCUT2D eigenvalue weighted by Crippen LogP contribution is 1.98. The van der Waals surface area contributed by atoms with Crippen molar-refractivity contribution in [2.45, 2.75) is 12.7 Å². The average Bonchev–Trinajstić information content (AvgIpc) is 2.01. The Balaban J connectivity index is 3.02. The number of rotatable bonds is 7. The van der Waals surface area contributed by atoms with Crippen molar-refractivity contribution in [1.29, 1.82) is 0 Å². The quantitative estimate of drug-likeness (QED) is 0.166. The zero-order chi connectivity index (χ0) is 8.53. The van der Waals surface area contributed by atoms with Crippen molar-refractivity contribution in [3.63, 3.8) is 0 Å². The zero-order valence-corrected chi connectivity index (χ0v) is 7.17. The zero-order valence-electron chi connectivity index (χ0n) is 6.27. The molecule has 6 heteroatoms. The van der Waals surface area contributed by atoms with Crippen LogP contribution in [0.3, 0.4) is 0 Å². The number of aliphatic hydroxyl groups is 1. The first-order valence-electron chi connectivity index (χ1n) is 3.49. The van der Waals surface area contributed by atoms with Gasteiger partial charge in [-0.3, -0.25) is 4.81 Å². The van der Waals surface area contributed by atoms with Crippen LogP contribution in [-0.4, -0.2) is 36.2 Å². The lowest BCUT2D eigenvalue weighted by Gasteiger charge is -2.04. The summed E-state index contributed by atoms with van der Waals surface area (Å²) in [6.07, 6.45) is 1.27. The molecule has 0 radical (unpaired) electrons. The molecule has 0 aliphatic carbocycles. The van der Waals surface area contributed by atoms with E-state index in [9.17, 15) is 0 Å². The summed E-state index contributed by atoms with van der Waals surface area (Å²) < 4.78 is 0. The number of aliphatic hydroxyl groups excluding tert-OH is 1. The van der Waals surface area contributed by atoms with Crippen molar-refractivity contribution in [2.24, 2.45) is 0 Å². The van der Waals surface area contributed by atoms with Gasteiger partial charge < -0.3 is 10.1 Å². The first-order valence-corrected chi connectivity index (χ1v) is 4.12. The highest BCUT2D eigenvalue weighted by molar-refractivity contribution is 7.80. The van der Waals surface area contributed by atoms with Crippen LogP contribution in [0.15, 0.2) is 0 Å². The van der Waals surface area contributed by atoms with E-state index in [4.69, 9.17) is 10.1 Å². The molecule has 0 aromatic heterocycles. The Labute approximate surface area is 72.0 Å². The van der Waals surface area contributed by atoms with Gasteiger partial charge in [-0.25, -0.2) is 4.89 Å². The fraction of sp³-hybridized carbons (Fsp3) is 1.00. The predicted octanol–water partition coefficient (Wildman–Crippen LogP) is -0.273. The van der Waals surface area contributed by atoms with E-state index in [-0.39, 0.29) is 13.2 Å². The lowest BCUT2D eigenvalue weighted by atomic mass is 9.85. The van der Waals surface area contributed by atoms with Gasteiger partial charge in [-0.15, -0.1) is 0 Å². The molecule has 0 aliphatic rings. The third-order valence-corrected chi connectivity index (χ3v) is 1.28. The molecule has 0 heterocycles. The molecule has 0 spiro atoms. The summed E-state index contributed by atoms with van der Waals surface area (Å²) in [5.41, 5.74) is 0. The Hall–Kier alpha value is 0.255. The highest BCUT2D eigenvalue weighted by atomic mass is 32.1. The predicted molar refractivity (Wildman–Crippen MR) is 45.4 cm³/mol. The van der Waals surface area contributed by atoms with Gasteiger partial charge in [0.25, 0.3) is 0 Å². The van der Waals surface area contributed by atoms with Crippen LogP contribution in [0.5, 0.6) is 0 Å². The van der Waals surface area contributed by atoms with Crippen molar-refractivity contribution < 1.29 is 19.8 Å². The number of hydrogen-bond donors (Lipinski definition) is 3. The first kappa shape index (κ1) is 11.3. The van der Waals surface area contributed by atoms with Crippen molar-refractivity contribution in [2.75, 3.05) is 19.0 Å². The SMILES string of the molecule is OCCOOB(O)CCCS. The summed E-state index contributed by atoms with van der Waals surface area (Å²) in [6.45, 7) is -0.0305. The Kier molecular flexibility index (Phi) is 8.55. The van der Waals surface area contributed by atoms with Gasteiger partial charge >= 0.3 is 7.12 Å². The minimum atomic E-state index is -0.909. The Morgan fingerprint density at radius 2 is 2.18 bits per heavy atom. The van der Waals surface area contributed by atoms with Crippen molar-refractivity contribution >= 4 is 19.7 Å². The molecule has 0 bridgehead atoms. The summed E-state index contributed by atoms with van der Waals surface area (Å²) in [4.78, 5) is 8.86. The van der Waals surface area contributed by atoms with Gasteiger partial charge in [-0.1, -0.05) is 0 Å². The van der Waals surface area contributed by atoms with Crippen molar-refractivity contribution in [3.05, 3.63) is 0 Å². The van der Waals surface area contributed by atoms with Crippen molar-refractivity contribution in [1.82, 2.24) is 0 Å². The summed E-state index contributed by atoms with van der Waals surface area (Å²) >= 11 is 3.96. The number of thiol groups is 1. The van der Waals surface area contributed by atoms with E-state index in [0.717, 1.165) is 6.42 Å². The van der Waals surface area contributed by atoms with Crippen LogP contribution >= 0.6 is 12.6 Å². The highest BCUT2D eigenvalue weighted by Gasteiger charge is 2.12. The molecular formula is C5H13BO4S. The molecule has 0 aromatic carbocycles. The second kappa shape index (κ2) is 8.35. The molecular weight excluding hydrogens is 167 g/mol. The lowest BCUT2D eigenvalue weighted by Crippen LogP contribution is -2.18. The first-order chi connectivity index (χ1) is 5.31. The molecule has 4 nitrogen and oxygen atoms in total. The van der Waals surface area contributed by atoms with Crippen LogP contribution in [0.4, 0.5) is 0 Å². The smallest absolute Gasteiger partial charge is 0.425 e. The van der Waals surface area contributed by atoms with Gasteiger partial charge in [0.05, 0.1) is 6.61 Å². The van der Waals surface area contributed by atoms with E-state index in [1.54, 1.807) is 0 Å². The van der Waals surface area contributed by atoms with E-state index in [2.05, 4.69) is 22.3 Å². The van der Waals surface area contributed by atoms with Crippen molar-refractivity contribution in [3.8, 4) is 0 Å². The van der Waals surface area contributed by atoms with E-state index < -0.39 is 7.12 Å². The summed E-state index contributed by atoms with van der Waals surface area (Å²) in [5, 5.41) is 17.2. The third kappa shape index (κ3) is 8.16. The van der Waals surface area contributed by atoms with Gasteiger partial charge in [0, 0.05) is 0 Å². The molecule has 0 rings (SSSR count). The molecule has 0 saturated carbocycles. The fourth-order valence-corrected chi connectivity index (χ4v) is 0.661. The standard InChI is InChI=1S/C5H13BO4S/c7-3-4-9-10-6(8)2-1-5-11/h7-8,11H,1-5H2. The molecule has 0 unspecified atom stereocenters. The Morgan fingerprint density at radius 3 is 2.73 bits per heavy atom. The van der Waals surface area contributed by atoms with Gasteiger partial charge in [0.1, 0.15) is 6.61 Å². The maximum absolute atomic E-state index is 8.94. The summed E-state index contributed by atoms with van der Waals surface area (Å²) in [6, 6.07) is 0. The van der Waals surface area contributed by atoms with E-state index >= 15 is 0 Å². The molecule has 2 N–H and O–H groups in total.